The highest BCUT2D eigenvalue weighted by molar-refractivity contribution is 6.04. The molecular formula is C19H25N3O2. The van der Waals surface area contributed by atoms with Crippen LogP contribution >= 0.6 is 0 Å². The van der Waals surface area contributed by atoms with Gasteiger partial charge in [-0.15, -0.1) is 0 Å². The van der Waals surface area contributed by atoms with Crippen LogP contribution in [0.2, 0.25) is 0 Å². The van der Waals surface area contributed by atoms with Crippen LogP contribution in [-0.2, 0) is 6.61 Å². The van der Waals surface area contributed by atoms with Gasteiger partial charge < -0.3 is 20.3 Å². The van der Waals surface area contributed by atoms with Crippen LogP contribution in [0, 0.1) is 5.92 Å². The molecule has 1 amide bonds. The molecule has 1 fully saturated rings. The van der Waals surface area contributed by atoms with Crippen LogP contribution in [0.25, 0.3) is 0 Å². The topological polar surface area (TPSA) is 68.4 Å². The number of H-pyrrole nitrogens is 1. The number of aliphatic hydroxyl groups is 1. The number of piperidine rings is 1. The Kier molecular flexibility index (Phi) is 5.20. The second kappa shape index (κ2) is 7.53. The molecule has 128 valence electrons. The van der Waals surface area contributed by atoms with Crippen LogP contribution < -0.4 is 10.2 Å². The van der Waals surface area contributed by atoms with E-state index in [2.05, 4.69) is 22.1 Å². The van der Waals surface area contributed by atoms with Crippen molar-refractivity contribution in [3.05, 3.63) is 47.8 Å². The highest BCUT2D eigenvalue weighted by Gasteiger charge is 2.21. The molecule has 0 aliphatic carbocycles. The number of carbonyl (C=O) groups is 1. The number of aromatic amines is 1. The number of hydrogen-bond donors (Lipinski definition) is 3. The summed E-state index contributed by atoms with van der Waals surface area (Å²) in [7, 11) is 0. The zero-order chi connectivity index (χ0) is 16.9. The third kappa shape index (κ3) is 3.62. The van der Waals surface area contributed by atoms with Crippen molar-refractivity contribution in [2.45, 2.75) is 32.8 Å². The Morgan fingerprint density at radius 1 is 1.33 bits per heavy atom. The van der Waals surface area contributed by atoms with E-state index in [9.17, 15) is 9.90 Å². The summed E-state index contributed by atoms with van der Waals surface area (Å²) in [6.45, 7) is 4.21. The van der Waals surface area contributed by atoms with Gasteiger partial charge in [0.25, 0.3) is 5.91 Å². The number of nitrogens with zero attached hydrogens (tertiary/aromatic N) is 1. The molecule has 5 heteroatoms. The maximum atomic E-state index is 12.4. The first-order chi connectivity index (χ1) is 11.7. The quantitative estimate of drug-likeness (QED) is 0.788. The van der Waals surface area contributed by atoms with E-state index >= 15 is 0 Å². The van der Waals surface area contributed by atoms with Gasteiger partial charge in [0.05, 0.1) is 18.0 Å². The lowest BCUT2D eigenvalue weighted by Gasteiger charge is -2.34. The van der Waals surface area contributed by atoms with Gasteiger partial charge in [-0.1, -0.05) is 19.4 Å². The summed E-state index contributed by atoms with van der Waals surface area (Å²) >= 11 is 0. The minimum Gasteiger partial charge on any atom is -0.392 e. The zero-order valence-electron chi connectivity index (χ0n) is 14.1. The maximum Gasteiger partial charge on any atom is 0.272 e. The Morgan fingerprint density at radius 3 is 2.75 bits per heavy atom. The third-order valence-corrected chi connectivity index (χ3v) is 4.87. The number of aromatic nitrogens is 1. The molecule has 2 aromatic rings. The number of amides is 1. The van der Waals surface area contributed by atoms with Gasteiger partial charge in [-0.3, -0.25) is 4.79 Å². The molecule has 1 aliphatic heterocycles. The van der Waals surface area contributed by atoms with Crippen molar-refractivity contribution in [2.24, 2.45) is 5.92 Å². The van der Waals surface area contributed by atoms with Crippen LogP contribution in [0.5, 0.6) is 0 Å². The standard InChI is InChI=1S/C19H25N3O2/c1-2-14-7-10-22(11-8-14)18-6-5-15(13-23)12-17(18)21-19(24)16-4-3-9-20-16/h3-6,9,12,14,20,23H,2,7-8,10-11,13H2,1H3,(H,21,24). The third-order valence-electron chi connectivity index (χ3n) is 4.87. The molecule has 0 radical (unpaired) electrons. The maximum absolute atomic E-state index is 12.4. The fourth-order valence-electron chi connectivity index (χ4n) is 3.30. The van der Waals surface area contributed by atoms with Gasteiger partial charge in [-0.25, -0.2) is 0 Å². The molecule has 3 rings (SSSR count). The summed E-state index contributed by atoms with van der Waals surface area (Å²) in [4.78, 5) is 17.6. The van der Waals surface area contributed by atoms with Crippen LogP contribution in [-0.4, -0.2) is 29.1 Å². The zero-order valence-corrected chi connectivity index (χ0v) is 14.1. The van der Waals surface area contributed by atoms with Gasteiger partial charge >= 0.3 is 0 Å². The minimum absolute atomic E-state index is 0.0381. The summed E-state index contributed by atoms with van der Waals surface area (Å²) in [5.41, 5.74) is 3.11. The van der Waals surface area contributed by atoms with E-state index < -0.39 is 0 Å². The normalized spacial score (nSPS) is 15.5. The number of aliphatic hydroxyl groups excluding tert-OH is 1. The Hall–Kier alpha value is -2.27. The molecule has 0 saturated carbocycles. The molecule has 5 nitrogen and oxygen atoms in total. The first-order valence-electron chi connectivity index (χ1n) is 8.64. The number of benzene rings is 1. The molecule has 24 heavy (non-hydrogen) atoms. The van der Waals surface area contributed by atoms with Crippen molar-refractivity contribution >= 4 is 17.3 Å². The van der Waals surface area contributed by atoms with Gasteiger partial charge in [-0.05, 0) is 48.6 Å². The molecule has 1 aromatic heterocycles. The second-order valence-corrected chi connectivity index (χ2v) is 6.39. The van der Waals surface area contributed by atoms with Gasteiger partial charge in [0.1, 0.15) is 5.69 Å². The van der Waals surface area contributed by atoms with Gasteiger partial charge in [0.15, 0.2) is 0 Å². The number of anilines is 2. The minimum atomic E-state index is -0.167. The number of hydrogen-bond acceptors (Lipinski definition) is 3. The van der Waals surface area contributed by atoms with Crippen molar-refractivity contribution in [3.8, 4) is 0 Å². The largest absolute Gasteiger partial charge is 0.392 e. The monoisotopic (exact) mass is 327 g/mol. The Bertz CT molecular complexity index is 674. The first kappa shape index (κ1) is 16.6. The molecule has 0 atom stereocenters. The molecule has 0 spiro atoms. The molecule has 2 heterocycles. The Morgan fingerprint density at radius 2 is 2.12 bits per heavy atom. The van der Waals surface area contributed by atoms with Gasteiger partial charge in [0, 0.05) is 19.3 Å². The summed E-state index contributed by atoms with van der Waals surface area (Å²) in [5, 5.41) is 12.4. The predicted molar refractivity (Wildman–Crippen MR) is 96.3 cm³/mol. The van der Waals surface area contributed by atoms with E-state index in [1.54, 1.807) is 18.3 Å². The lowest BCUT2D eigenvalue weighted by molar-refractivity contribution is 0.102. The number of rotatable bonds is 5. The number of nitrogens with one attached hydrogen (secondary N) is 2. The highest BCUT2D eigenvalue weighted by atomic mass is 16.3. The van der Waals surface area contributed by atoms with E-state index in [-0.39, 0.29) is 12.5 Å². The summed E-state index contributed by atoms with van der Waals surface area (Å²) < 4.78 is 0. The molecule has 1 aromatic carbocycles. The van der Waals surface area contributed by atoms with Crippen LogP contribution in [0.1, 0.15) is 42.2 Å². The average molecular weight is 327 g/mol. The van der Waals surface area contributed by atoms with Crippen molar-refractivity contribution in [3.63, 3.8) is 0 Å². The summed E-state index contributed by atoms with van der Waals surface area (Å²) in [6.07, 6.45) is 5.33. The SMILES string of the molecule is CCC1CCN(c2ccc(CO)cc2NC(=O)c2ccc[nH]2)CC1. The Balaban J connectivity index is 1.82. The summed E-state index contributed by atoms with van der Waals surface area (Å²) in [6, 6.07) is 9.34. The Labute approximate surface area is 142 Å². The highest BCUT2D eigenvalue weighted by Crippen LogP contribution is 2.32. The van der Waals surface area contributed by atoms with Crippen molar-refractivity contribution in [1.29, 1.82) is 0 Å². The van der Waals surface area contributed by atoms with E-state index in [4.69, 9.17) is 0 Å². The lowest BCUT2D eigenvalue weighted by Crippen LogP contribution is -2.34. The van der Waals surface area contributed by atoms with E-state index in [1.165, 1.54) is 19.3 Å². The van der Waals surface area contributed by atoms with Crippen LogP contribution in [0.3, 0.4) is 0 Å². The molecule has 3 N–H and O–H groups in total. The van der Waals surface area contributed by atoms with Crippen molar-refractivity contribution < 1.29 is 9.90 Å². The molecular weight excluding hydrogens is 302 g/mol. The van der Waals surface area contributed by atoms with Crippen molar-refractivity contribution in [1.82, 2.24) is 4.98 Å². The van der Waals surface area contributed by atoms with Crippen LogP contribution in [0.15, 0.2) is 36.5 Å². The first-order valence-corrected chi connectivity index (χ1v) is 8.64. The van der Waals surface area contributed by atoms with Crippen molar-refractivity contribution in [2.75, 3.05) is 23.3 Å². The molecule has 1 aliphatic rings. The van der Waals surface area contributed by atoms with E-state index in [0.29, 0.717) is 5.69 Å². The molecule has 1 saturated heterocycles. The molecule has 0 unspecified atom stereocenters. The lowest BCUT2D eigenvalue weighted by atomic mass is 9.94. The molecule has 0 bridgehead atoms. The van der Waals surface area contributed by atoms with Crippen LogP contribution in [0.4, 0.5) is 11.4 Å². The second-order valence-electron chi connectivity index (χ2n) is 6.39. The number of carbonyl (C=O) groups excluding carboxylic acids is 1. The van der Waals surface area contributed by atoms with Gasteiger partial charge in [0.2, 0.25) is 0 Å². The predicted octanol–water partition coefficient (Wildman–Crippen LogP) is 3.39. The fraction of sp³-hybridized carbons (Fsp3) is 0.421. The smallest absolute Gasteiger partial charge is 0.272 e. The van der Waals surface area contributed by atoms with Gasteiger partial charge in [-0.2, -0.15) is 0 Å². The average Bonchev–Trinajstić information content (AvgIpc) is 3.16. The fourth-order valence-corrected chi connectivity index (χ4v) is 3.30. The van der Waals surface area contributed by atoms with E-state index in [1.807, 2.05) is 18.2 Å². The van der Waals surface area contributed by atoms with E-state index in [0.717, 1.165) is 35.9 Å². The summed E-state index contributed by atoms with van der Waals surface area (Å²) in [5.74, 6) is 0.634.